The molecule has 3 aromatic rings. The van der Waals surface area contributed by atoms with Crippen LogP contribution >= 0.6 is 0 Å². The van der Waals surface area contributed by atoms with Crippen molar-refractivity contribution in [1.82, 2.24) is 9.97 Å². The smallest absolute Gasteiger partial charge is 0.229 e. The van der Waals surface area contributed by atoms with Crippen molar-refractivity contribution in [3.05, 3.63) is 72.3 Å². The van der Waals surface area contributed by atoms with E-state index in [4.69, 9.17) is 0 Å². The summed E-state index contributed by atoms with van der Waals surface area (Å²) in [7, 11) is 0. The standard InChI is InChI=1S/C24H25FN4O/c1-2-17-5-11-22(12-6-17)28-23(30)19-4-3-13-29(16-19)24-26-14-20(15-27-24)18-7-9-21(25)10-8-18/h5-12,14-15,19H,2-4,13,16H2,1H3,(H,28,30). The van der Waals surface area contributed by atoms with Crippen molar-refractivity contribution in [3.63, 3.8) is 0 Å². The molecule has 154 valence electrons. The van der Waals surface area contributed by atoms with Crippen LogP contribution in [0.25, 0.3) is 11.1 Å². The molecule has 30 heavy (non-hydrogen) atoms. The minimum Gasteiger partial charge on any atom is -0.340 e. The molecule has 0 spiro atoms. The van der Waals surface area contributed by atoms with E-state index in [1.807, 2.05) is 24.3 Å². The molecule has 0 bridgehead atoms. The fraction of sp³-hybridized carbons (Fsp3) is 0.292. The van der Waals surface area contributed by atoms with E-state index in [9.17, 15) is 9.18 Å². The molecule has 1 unspecified atom stereocenters. The van der Waals surface area contributed by atoms with Crippen LogP contribution < -0.4 is 10.2 Å². The van der Waals surface area contributed by atoms with Crippen LogP contribution in [0.5, 0.6) is 0 Å². The number of piperidine rings is 1. The topological polar surface area (TPSA) is 58.1 Å². The Morgan fingerprint density at radius 1 is 1.07 bits per heavy atom. The number of anilines is 2. The number of aromatic nitrogens is 2. The molecule has 1 aliphatic heterocycles. The van der Waals surface area contributed by atoms with E-state index in [1.54, 1.807) is 24.5 Å². The number of benzene rings is 2. The lowest BCUT2D eigenvalue weighted by Crippen LogP contribution is -2.41. The van der Waals surface area contributed by atoms with Crippen molar-refractivity contribution in [2.75, 3.05) is 23.3 Å². The van der Waals surface area contributed by atoms with E-state index in [0.717, 1.165) is 42.6 Å². The van der Waals surface area contributed by atoms with Crippen molar-refractivity contribution in [1.29, 1.82) is 0 Å². The van der Waals surface area contributed by atoms with Gasteiger partial charge in [-0.05, 0) is 54.7 Å². The second-order valence-corrected chi connectivity index (χ2v) is 7.60. The molecule has 1 N–H and O–H groups in total. The summed E-state index contributed by atoms with van der Waals surface area (Å²) in [6.45, 7) is 3.53. The predicted octanol–water partition coefficient (Wildman–Crippen LogP) is 4.70. The zero-order valence-corrected chi connectivity index (χ0v) is 17.0. The Balaban J connectivity index is 1.40. The van der Waals surface area contributed by atoms with Crippen molar-refractivity contribution in [3.8, 4) is 11.1 Å². The molecular weight excluding hydrogens is 379 g/mol. The number of carbonyl (C=O) groups excluding carboxylic acids is 1. The monoisotopic (exact) mass is 404 g/mol. The first-order valence-corrected chi connectivity index (χ1v) is 10.3. The number of rotatable bonds is 5. The normalized spacial score (nSPS) is 16.3. The molecule has 5 nitrogen and oxygen atoms in total. The lowest BCUT2D eigenvalue weighted by Gasteiger charge is -2.32. The third kappa shape index (κ3) is 4.64. The van der Waals surface area contributed by atoms with Gasteiger partial charge in [-0.3, -0.25) is 4.79 Å². The van der Waals surface area contributed by atoms with Gasteiger partial charge in [0.1, 0.15) is 5.82 Å². The highest BCUT2D eigenvalue weighted by Crippen LogP contribution is 2.24. The maximum Gasteiger partial charge on any atom is 0.229 e. The first-order chi connectivity index (χ1) is 14.6. The van der Waals surface area contributed by atoms with Crippen molar-refractivity contribution < 1.29 is 9.18 Å². The molecule has 1 fully saturated rings. The summed E-state index contributed by atoms with van der Waals surface area (Å²) in [5.41, 5.74) is 3.78. The number of aryl methyl sites for hydroxylation is 1. The van der Waals surface area contributed by atoms with E-state index >= 15 is 0 Å². The van der Waals surface area contributed by atoms with Crippen LogP contribution in [-0.4, -0.2) is 29.0 Å². The van der Waals surface area contributed by atoms with Gasteiger partial charge >= 0.3 is 0 Å². The Morgan fingerprint density at radius 3 is 2.43 bits per heavy atom. The van der Waals surface area contributed by atoms with Crippen molar-refractivity contribution in [2.45, 2.75) is 26.2 Å². The molecule has 0 radical (unpaired) electrons. The quantitative estimate of drug-likeness (QED) is 0.670. The van der Waals surface area contributed by atoms with E-state index in [2.05, 4.69) is 27.1 Å². The third-order valence-electron chi connectivity index (χ3n) is 5.52. The summed E-state index contributed by atoms with van der Waals surface area (Å²) in [5.74, 6) is 0.276. The van der Waals surface area contributed by atoms with Gasteiger partial charge in [0.25, 0.3) is 0 Å². The van der Waals surface area contributed by atoms with Gasteiger partial charge in [-0.1, -0.05) is 31.2 Å². The predicted molar refractivity (Wildman–Crippen MR) is 117 cm³/mol. The van der Waals surface area contributed by atoms with Crippen LogP contribution in [0.15, 0.2) is 60.9 Å². The van der Waals surface area contributed by atoms with Crippen LogP contribution in [0.1, 0.15) is 25.3 Å². The number of nitrogens with one attached hydrogen (secondary N) is 1. The number of halogens is 1. The molecule has 6 heteroatoms. The fourth-order valence-corrected chi connectivity index (χ4v) is 3.72. The zero-order chi connectivity index (χ0) is 20.9. The Kier molecular flexibility index (Phi) is 6.02. The minimum absolute atomic E-state index is 0.0341. The Labute approximate surface area is 176 Å². The summed E-state index contributed by atoms with van der Waals surface area (Å²) in [6.07, 6.45) is 6.23. The number of amides is 1. The molecule has 1 atom stereocenters. The Hall–Kier alpha value is -3.28. The van der Waals surface area contributed by atoms with Gasteiger partial charge in [0.05, 0.1) is 5.92 Å². The van der Waals surface area contributed by atoms with Crippen LogP contribution in [0.3, 0.4) is 0 Å². The van der Waals surface area contributed by atoms with E-state index in [-0.39, 0.29) is 17.6 Å². The summed E-state index contributed by atoms with van der Waals surface area (Å²) < 4.78 is 13.1. The molecule has 0 saturated carbocycles. The van der Waals surface area contributed by atoms with Crippen molar-refractivity contribution >= 4 is 17.5 Å². The maximum absolute atomic E-state index is 13.1. The summed E-state index contributed by atoms with van der Waals surface area (Å²) in [4.78, 5) is 23.8. The summed E-state index contributed by atoms with van der Waals surface area (Å²) >= 11 is 0. The number of nitrogens with zero attached hydrogens (tertiary/aromatic N) is 3. The fourth-order valence-electron chi connectivity index (χ4n) is 3.72. The molecule has 2 heterocycles. The average molecular weight is 404 g/mol. The molecular formula is C24H25FN4O. The molecule has 1 saturated heterocycles. The SMILES string of the molecule is CCc1ccc(NC(=O)C2CCCN(c3ncc(-c4ccc(F)cc4)cn3)C2)cc1. The van der Waals surface area contributed by atoms with Gasteiger partial charge in [0.15, 0.2) is 0 Å². The average Bonchev–Trinajstić information content (AvgIpc) is 2.80. The zero-order valence-electron chi connectivity index (χ0n) is 17.0. The van der Waals surface area contributed by atoms with Crippen LogP contribution in [0.4, 0.5) is 16.0 Å². The van der Waals surface area contributed by atoms with Gasteiger partial charge in [-0.2, -0.15) is 0 Å². The minimum atomic E-state index is -0.268. The van der Waals surface area contributed by atoms with Gasteiger partial charge in [-0.25, -0.2) is 14.4 Å². The van der Waals surface area contributed by atoms with Gasteiger partial charge in [-0.15, -0.1) is 0 Å². The molecule has 1 aromatic heterocycles. The number of hydrogen-bond acceptors (Lipinski definition) is 4. The molecule has 1 amide bonds. The lowest BCUT2D eigenvalue weighted by molar-refractivity contribution is -0.120. The number of hydrogen-bond donors (Lipinski definition) is 1. The summed E-state index contributed by atoms with van der Waals surface area (Å²) in [6, 6.07) is 14.3. The van der Waals surface area contributed by atoms with Gasteiger partial charge < -0.3 is 10.2 Å². The molecule has 1 aliphatic rings. The second kappa shape index (κ2) is 9.03. The highest BCUT2D eigenvalue weighted by Gasteiger charge is 2.27. The second-order valence-electron chi connectivity index (χ2n) is 7.60. The largest absolute Gasteiger partial charge is 0.340 e. The third-order valence-corrected chi connectivity index (χ3v) is 5.52. The first kappa shape index (κ1) is 20.0. The molecule has 0 aliphatic carbocycles. The Bertz CT molecular complexity index is 987. The summed E-state index contributed by atoms with van der Waals surface area (Å²) in [5, 5.41) is 3.03. The van der Waals surface area contributed by atoms with Gasteiger partial charge in [0, 0.05) is 36.7 Å². The van der Waals surface area contributed by atoms with Crippen LogP contribution in [0, 0.1) is 11.7 Å². The molecule has 4 rings (SSSR count). The van der Waals surface area contributed by atoms with Gasteiger partial charge in [0.2, 0.25) is 11.9 Å². The maximum atomic E-state index is 13.1. The lowest BCUT2D eigenvalue weighted by atomic mass is 9.97. The van der Waals surface area contributed by atoms with Crippen LogP contribution in [0.2, 0.25) is 0 Å². The van der Waals surface area contributed by atoms with Crippen LogP contribution in [-0.2, 0) is 11.2 Å². The van der Waals surface area contributed by atoms with E-state index < -0.39 is 0 Å². The van der Waals surface area contributed by atoms with E-state index in [0.29, 0.717) is 12.5 Å². The van der Waals surface area contributed by atoms with Crippen molar-refractivity contribution in [2.24, 2.45) is 5.92 Å². The van der Waals surface area contributed by atoms with E-state index in [1.165, 1.54) is 17.7 Å². The molecule has 2 aromatic carbocycles. The highest BCUT2D eigenvalue weighted by molar-refractivity contribution is 5.93. The Morgan fingerprint density at radius 2 is 1.77 bits per heavy atom. The number of carbonyl (C=O) groups is 1. The first-order valence-electron chi connectivity index (χ1n) is 10.3. The highest BCUT2D eigenvalue weighted by atomic mass is 19.1.